The maximum atomic E-state index is 12.8. The van der Waals surface area contributed by atoms with E-state index in [0.29, 0.717) is 22.6 Å². The van der Waals surface area contributed by atoms with Gasteiger partial charge in [0.25, 0.3) is 0 Å². The number of hydrogen-bond donors (Lipinski definition) is 0. The number of carbonyl (C=O) groups excluding carboxylic acids is 1. The first-order chi connectivity index (χ1) is 12.2. The number of thiocarbonyl (C=S) groups is 1. The molecule has 3 aromatic rings. The van der Waals surface area contributed by atoms with E-state index >= 15 is 0 Å². The van der Waals surface area contributed by atoms with Gasteiger partial charge >= 0.3 is 0 Å². The van der Waals surface area contributed by atoms with Crippen LogP contribution in [-0.4, -0.2) is 23.9 Å². The molecule has 0 saturated carbocycles. The standard InChI is InChI=1S/C21H16O3S/c1-23-15-9-6-14(7-10-15)20(22)21-19(25)12-17-16-5-3-2-4-13(16)8-11-18(17)24-21/h2-11,21H,12H2,1H3. The molecule has 0 amide bonds. The summed E-state index contributed by atoms with van der Waals surface area (Å²) < 4.78 is 11.1. The summed E-state index contributed by atoms with van der Waals surface area (Å²) in [5.74, 6) is 1.33. The normalized spacial score (nSPS) is 16.2. The average molecular weight is 348 g/mol. The molecule has 0 fully saturated rings. The number of rotatable bonds is 3. The van der Waals surface area contributed by atoms with Crippen molar-refractivity contribution >= 4 is 33.6 Å². The minimum absolute atomic E-state index is 0.119. The SMILES string of the molecule is COc1ccc(C(=O)C2Oc3ccc4ccccc4c3CC2=S)cc1. The summed E-state index contributed by atoms with van der Waals surface area (Å²) in [5.41, 5.74) is 1.62. The number of Topliss-reactive ketones (excluding diaryl/α,β-unsaturated/α-hetero) is 1. The van der Waals surface area contributed by atoms with Gasteiger partial charge in [0.15, 0.2) is 6.10 Å². The summed E-state index contributed by atoms with van der Waals surface area (Å²) in [5, 5.41) is 2.27. The predicted octanol–water partition coefficient (Wildman–Crippen LogP) is 4.40. The van der Waals surface area contributed by atoms with E-state index in [1.807, 2.05) is 24.3 Å². The van der Waals surface area contributed by atoms with Crippen molar-refractivity contribution in [1.29, 1.82) is 0 Å². The Morgan fingerprint density at radius 2 is 1.84 bits per heavy atom. The summed E-state index contributed by atoms with van der Waals surface area (Å²) in [7, 11) is 1.59. The first kappa shape index (κ1) is 15.8. The van der Waals surface area contributed by atoms with Gasteiger partial charge in [-0.2, -0.15) is 0 Å². The molecule has 3 aromatic carbocycles. The molecular formula is C21H16O3S. The lowest BCUT2D eigenvalue weighted by atomic mass is 9.93. The van der Waals surface area contributed by atoms with Crippen LogP contribution in [0.5, 0.6) is 11.5 Å². The first-order valence-corrected chi connectivity index (χ1v) is 8.46. The Kier molecular flexibility index (Phi) is 3.98. The molecule has 0 N–H and O–H groups in total. The minimum atomic E-state index is -0.725. The van der Waals surface area contributed by atoms with E-state index in [-0.39, 0.29) is 5.78 Å². The minimum Gasteiger partial charge on any atom is -0.497 e. The second-order valence-corrected chi connectivity index (χ2v) is 6.52. The molecule has 0 aliphatic carbocycles. The number of benzene rings is 3. The zero-order valence-corrected chi connectivity index (χ0v) is 14.5. The van der Waals surface area contributed by atoms with Crippen molar-refractivity contribution in [2.45, 2.75) is 12.5 Å². The van der Waals surface area contributed by atoms with Gasteiger partial charge in [0.1, 0.15) is 11.5 Å². The lowest BCUT2D eigenvalue weighted by molar-refractivity contribution is 0.0866. The van der Waals surface area contributed by atoms with Crippen LogP contribution in [0.3, 0.4) is 0 Å². The molecule has 0 radical (unpaired) electrons. The van der Waals surface area contributed by atoms with Crippen molar-refractivity contribution in [2.24, 2.45) is 0 Å². The monoisotopic (exact) mass is 348 g/mol. The molecule has 4 heteroatoms. The first-order valence-electron chi connectivity index (χ1n) is 8.05. The number of ether oxygens (including phenoxy) is 2. The molecule has 0 bridgehead atoms. The second kappa shape index (κ2) is 6.30. The van der Waals surface area contributed by atoms with Crippen LogP contribution in [0.25, 0.3) is 10.8 Å². The third-order valence-electron chi connectivity index (χ3n) is 4.50. The van der Waals surface area contributed by atoms with Crippen LogP contribution in [0.2, 0.25) is 0 Å². The van der Waals surface area contributed by atoms with Crippen molar-refractivity contribution in [1.82, 2.24) is 0 Å². The summed E-state index contributed by atoms with van der Waals surface area (Å²) in [6, 6.07) is 19.1. The fraction of sp³-hybridized carbons (Fsp3) is 0.143. The molecule has 25 heavy (non-hydrogen) atoms. The Morgan fingerprint density at radius 3 is 2.60 bits per heavy atom. The molecule has 0 saturated heterocycles. The maximum absolute atomic E-state index is 12.8. The summed E-state index contributed by atoms with van der Waals surface area (Å²) in [4.78, 5) is 13.4. The number of carbonyl (C=O) groups is 1. The molecule has 3 nitrogen and oxygen atoms in total. The van der Waals surface area contributed by atoms with E-state index in [9.17, 15) is 4.79 Å². The lowest BCUT2D eigenvalue weighted by Crippen LogP contribution is -2.39. The molecule has 1 aliphatic rings. The Hall–Kier alpha value is -2.72. The van der Waals surface area contributed by atoms with Gasteiger partial charge in [-0.05, 0) is 41.1 Å². The van der Waals surface area contributed by atoms with Gasteiger partial charge in [-0.1, -0.05) is 42.5 Å². The van der Waals surface area contributed by atoms with Gasteiger partial charge in [0.05, 0.1) is 7.11 Å². The van der Waals surface area contributed by atoms with Gasteiger partial charge in [0, 0.05) is 22.4 Å². The highest BCUT2D eigenvalue weighted by atomic mass is 32.1. The summed E-state index contributed by atoms with van der Waals surface area (Å²) in [6.07, 6.45) is -0.157. The molecule has 0 aromatic heterocycles. The van der Waals surface area contributed by atoms with Crippen molar-refractivity contribution in [3.8, 4) is 11.5 Å². The Bertz CT molecular complexity index is 976. The third-order valence-corrected chi connectivity index (χ3v) is 4.86. The second-order valence-electron chi connectivity index (χ2n) is 6.00. The van der Waals surface area contributed by atoms with E-state index in [4.69, 9.17) is 21.7 Å². The number of fused-ring (bicyclic) bond motifs is 3. The number of ketones is 1. The van der Waals surface area contributed by atoms with Crippen LogP contribution in [-0.2, 0) is 6.42 Å². The van der Waals surface area contributed by atoms with Gasteiger partial charge < -0.3 is 9.47 Å². The molecule has 1 heterocycles. The van der Waals surface area contributed by atoms with Gasteiger partial charge in [-0.3, -0.25) is 4.79 Å². The number of hydrogen-bond acceptors (Lipinski definition) is 4. The average Bonchev–Trinajstić information content (AvgIpc) is 2.67. The largest absolute Gasteiger partial charge is 0.497 e. The molecule has 1 atom stereocenters. The van der Waals surface area contributed by atoms with Crippen LogP contribution in [0, 0.1) is 0 Å². The van der Waals surface area contributed by atoms with E-state index < -0.39 is 6.10 Å². The van der Waals surface area contributed by atoms with Crippen LogP contribution < -0.4 is 9.47 Å². The van der Waals surface area contributed by atoms with Gasteiger partial charge in [-0.15, -0.1) is 0 Å². The van der Waals surface area contributed by atoms with Crippen LogP contribution in [0.15, 0.2) is 60.7 Å². The summed E-state index contributed by atoms with van der Waals surface area (Å²) in [6.45, 7) is 0. The Labute approximate surface area is 151 Å². The maximum Gasteiger partial charge on any atom is 0.208 e. The zero-order valence-electron chi connectivity index (χ0n) is 13.7. The van der Waals surface area contributed by atoms with Crippen LogP contribution >= 0.6 is 12.2 Å². The van der Waals surface area contributed by atoms with Crippen molar-refractivity contribution in [3.05, 3.63) is 71.8 Å². The van der Waals surface area contributed by atoms with Crippen molar-refractivity contribution in [3.63, 3.8) is 0 Å². The Morgan fingerprint density at radius 1 is 1.08 bits per heavy atom. The molecule has 0 spiro atoms. The fourth-order valence-electron chi connectivity index (χ4n) is 3.17. The van der Waals surface area contributed by atoms with Gasteiger partial charge in [-0.25, -0.2) is 0 Å². The number of methoxy groups -OCH3 is 1. The van der Waals surface area contributed by atoms with E-state index in [1.54, 1.807) is 31.4 Å². The molecule has 1 unspecified atom stereocenters. The molecule has 124 valence electrons. The molecule has 1 aliphatic heterocycles. The molecule has 4 rings (SSSR count). The van der Waals surface area contributed by atoms with E-state index in [2.05, 4.69) is 12.1 Å². The van der Waals surface area contributed by atoms with E-state index in [0.717, 1.165) is 22.1 Å². The topological polar surface area (TPSA) is 35.5 Å². The fourth-order valence-corrected chi connectivity index (χ4v) is 3.47. The third kappa shape index (κ3) is 2.79. The quantitative estimate of drug-likeness (QED) is 0.519. The molecular weight excluding hydrogens is 332 g/mol. The summed E-state index contributed by atoms with van der Waals surface area (Å²) >= 11 is 5.52. The smallest absolute Gasteiger partial charge is 0.208 e. The van der Waals surface area contributed by atoms with Crippen LogP contribution in [0.4, 0.5) is 0 Å². The van der Waals surface area contributed by atoms with Crippen molar-refractivity contribution in [2.75, 3.05) is 7.11 Å². The highest BCUT2D eigenvalue weighted by Crippen LogP contribution is 2.34. The Balaban J connectivity index is 1.68. The highest BCUT2D eigenvalue weighted by molar-refractivity contribution is 7.80. The van der Waals surface area contributed by atoms with Crippen molar-refractivity contribution < 1.29 is 14.3 Å². The zero-order chi connectivity index (χ0) is 17.4. The van der Waals surface area contributed by atoms with Gasteiger partial charge in [0.2, 0.25) is 5.78 Å². The highest BCUT2D eigenvalue weighted by Gasteiger charge is 2.32. The predicted molar refractivity (Wildman–Crippen MR) is 102 cm³/mol. The van der Waals surface area contributed by atoms with Crippen LogP contribution in [0.1, 0.15) is 15.9 Å². The van der Waals surface area contributed by atoms with E-state index in [1.165, 1.54) is 0 Å². The lowest BCUT2D eigenvalue weighted by Gasteiger charge is -2.27.